The summed E-state index contributed by atoms with van der Waals surface area (Å²) in [6.07, 6.45) is 1.84. The molecule has 0 saturated heterocycles. The molecule has 0 fully saturated rings. The van der Waals surface area contributed by atoms with Crippen LogP contribution in [-0.4, -0.2) is 11.5 Å². The van der Waals surface area contributed by atoms with Gasteiger partial charge in [0.2, 0.25) is 0 Å². The molecule has 2 nitrogen and oxygen atoms in total. The van der Waals surface area contributed by atoms with Crippen molar-refractivity contribution in [1.82, 2.24) is 4.98 Å². The molecule has 2 N–H and O–H groups in total. The summed E-state index contributed by atoms with van der Waals surface area (Å²) in [6.45, 7) is 2.75. The predicted octanol–water partition coefficient (Wildman–Crippen LogP) is 2.60. The number of thiazole rings is 1. The maximum atomic E-state index is 5.78. The van der Waals surface area contributed by atoms with E-state index in [2.05, 4.69) is 24.0 Å². The van der Waals surface area contributed by atoms with Crippen LogP contribution >= 0.6 is 22.7 Å². The molecular formula is C10H12N2S2. The second kappa shape index (κ2) is 4.21. The van der Waals surface area contributed by atoms with Crippen molar-refractivity contribution < 1.29 is 0 Å². The Morgan fingerprint density at radius 3 is 2.86 bits per heavy atom. The molecule has 2 heterocycles. The molecule has 0 aliphatic heterocycles. The zero-order chi connectivity index (χ0) is 9.97. The van der Waals surface area contributed by atoms with Gasteiger partial charge in [-0.15, -0.1) is 22.7 Å². The molecule has 2 aromatic heterocycles. The first kappa shape index (κ1) is 9.83. The van der Waals surface area contributed by atoms with E-state index in [9.17, 15) is 0 Å². The van der Waals surface area contributed by atoms with Crippen LogP contribution in [0.3, 0.4) is 0 Å². The van der Waals surface area contributed by atoms with Crippen molar-refractivity contribution in [2.24, 2.45) is 5.73 Å². The van der Waals surface area contributed by atoms with E-state index >= 15 is 0 Å². The quantitative estimate of drug-likeness (QED) is 0.870. The summed E-state index contributed by atoms with van der Waals surface area (Å²) in [5.74, 6) is 0.286. The van der Waals surface area contributed by atoms with Crippen molar-refractivity contribution in [2.45, 2.75) is 12.8 Å². The average Bonchev–Trinajstić information content (AvgIpc) is 2.79. The summed E-state index contributed by atoms with van der Waals surface area (Å²) in [5, 5.41) is 3.12. The molecule has 2 rings (SSSR count). The maximum absolute atomic E-state index is 5.78. The lowest BCUT2D eigenvalue weighted by atomic mass is 10.1. The largest absolute Gasteiger partial charge is 0.329 e. The molecule has 14 heavy (non-hydrogen) atoms. The van der Waals surface area contributed by atoms with Gasteiger partial charge in [-0.3, -0.25) is 0 Å². The first-order chi connectivity index (χ1) is 6.81. The lowest BCUT2D eigenvalue weighted by Gasteiger charge is -2.08. The van der Waals surface area contributed by atoms with Crippen LogP contribution in [-0.2, 0) is 0 Å². The molecule has 1 atom stereocenters. The van der Waals surface area contributed by atoms with Gasteiger partial charge in [0.1, 0.15) is 5.01 Å². The van der Waals surface area contributed by atoms with Crippen LogP contribution in [0.15, 0.2) is 23.7 Å². The molecule has 0 saturated carbocycles. The molecule has 74 valence electrons. The van der Waals surface area contributed by atoms with E-state index in [1.165, 1.54) is 9.75 Å². The zero-order valence-electron chi connectivity index (χ0n) is 7.93. The summed E-state index contributed by atoms with van der Waals surface area (Å²) in [5.41, 5.74) is 5.78. The Morgan fingerprint density at radius 1 is 1.50 bits per heavy atom. The van der Waals surface area contributed by atoms with Crippen LogP contribution in [0.2, 0.25) is 0 Å². The van der Waals surface area contributed by atoms with Gasteiger partial charge < -0.3 is 5.73 Å². The molecule has 0 aliphatic carbocycles. The van der Waals surface area contributed by atoms with E-state index in [1.807, 2.05) is 11.6 Å². The fraction of sp³-hybridized carbons (Fsp3) is 0.300. The monoisotopic (exact) mass is 224 g/mol. The predicted molar refractivity (Wildman–Crippen MR) is 62.1 cm³/mol. The normalized spacial score (nSPS) is 13.0. The number of rotatable bonds is 3. The van der Waals surface area contributed by atoms with Crippen molar-refractivity contribution in [3.05, 3.63) is 38.5 Å². The number of hydrogen-bond donors (Lipinski definition) is 1. The van der Waals surface area contributed by atoms with Crippen LogP contribution in [0.5, 0.6) is 0 Å². The van der Waals surface area contributed by atoms with Crippen molar-refractivity contribution in [3.63, 3.8) is 0 Å². The number of nitrogens with two attached hydrogens (primary N) is 1. The highest BCUT2D eigenvalue weighted by atomic mass is 32.1. The Morgan fingerprint density at radius 2 is 2.36 bits per heavy atom. The highest BCUT2D eigenvalue weighted by Gasteiger charge is 2.16. The third-order valence-corrected chi connectivity index (χ3v) is 4.09. The third kappa shape index (κ3) is 1.87. The SMILES string of the molecule is Cc1ccc(C(CN)c2nccs2)s1. The Balaban J connectivity index is 2.31. The molecule has 0 radical (unpaired) electrons. The molecule has 0 aromatic carbocycles. The van der Waals surface area contributed by atoms with E-state index in [4.69, 9.17) is 5.73 Å². The topological polar surface area (TPSA) is 38.9 Å². The van der Waals surface area contributed by atoms with Crippen LogP contribution in [0.4, 0.5) is 0 Å². The lowest BCUT2D eigenvalue weighted by molar-refractivity contribution is 0.825. The second-order valence-electron chi connectivity index (χ2n) is 3.11. The van der Waals surface area contributed by atoms with E-state index in [0.29, 0.717) is 6.54 Å². The lowest BCUT2D eigenvalue weighted by Crippen LogP contribution is -2.12. The third-order valence-electron chi connectivity index (χ3n) is 2.09. The smallest absolute Gasteiger partial charge is 0.102 e. The van der Waals surface area contributed by atoms with Gasteiger partial charge in [-0.05, 0) is 19.1 Å². The van der Waals surface area contributed by atoms with E-state index < -0.39 is 0 Å². The first-order valence-corrected chi connectivity index (χ1v) is 6.16. The van der Waals surface area contributed by atoms with Crippen LogP contribution < -0.4 is 5.73 Å². The minimum atomic E-state index is 0.286. The Hall–Kier alpha value is -0.710. The van der Waals surface area contributed by atoms with Gasteiger partial charge in [0.25, 0.3) is 0 Å². The number of aryl methyl sites for hydroxylation is 1. The van der Waals surface area contributed by atoms with Gasteiger partial charge in [-0.25, -0.2) is 4.98 Å². The Bertz CT molecular complexity index is 392. The van der Waals surface area contributed by atoms with Gasteiger partial charge >= 0.3 is 0 Å². The molecule has 2 aromatic rings. The molecule has 1 unspecified atom stereocenters. The van der Waals surface area contributed by atoms with Crippen LogP contribution in [0, 0.1) is 6.92 Å². The first-order valence-electron chi connectivity index (χ1n) is 4.47. The Kier molecular flexibility index (Phi) is 2.96. The van der Waals surface area contributed by atoms with Gasteiger partial charge in [0.05, 0.1) is 5.92 Å². The minimum absolute atomic E-state index is 0.286. The van der Waals surface area contributed by atoms with Crippen LogP contribution in [0.1, 0.15) is 20.7 Å². The summed E-state index contributed by atoms with van der Waals surface area (Å²) in [4.78, 5) is 6.97. The molecule has 0 amide bonds. The number of thiophene rings is 1. The van der Waals surface area contributed by atoms with E-state index in [1.54, 1.807) is 22.7 Å². The molecule has 0 bridgehead atoms. The van der Waals surface area contributed by atoms with Crippen molar-refractivity contribution in [2.75, 3.05) is 6.54 Å². The fourth-order valence-electron chi connectivity index (χ4n) is 1.39. The van der Waals surface area contributed by atoms with Crippen LogP contribution in [0.25, 0.3) is 0 Å². The van der Waals surface area contributed by atoms with Crippen molar-refractivity contribution in [3.8, 4) is 0 Å². The summed E-state index contributed by atoms with van der Waals surface area (Å²) >= 11 is 3.48. The molecule has 4 heteroatoms. The summed E-state index contributed by atoms with van der Waals surface area (Å²) < 4.78 is 0. The second-order valence-corrected chi connectivity index (χ2v) is 5.35. The Labute approximate surface area is 91.4 Å². The number of aromatic nitrogens is 1. The van der Waals surface area contributed by atoms with Crippen molar-refractivity contribution in [1.29, 1.82) is 0 Å². The summed E-state index contributed by atoms with van der Waals surface area (Å²) in [7, 11) is 0. The van der Waals surface area contributed by atoms with E-state index in [0.717, 1.165) is 5.01 Å². The van der Waals surface area contributed by atoms with Crippen molar-refractivity contribution >= 4 is 22.7 Å². The number of nitrogens with zero attached hydrogens (tertiary/aromatic N) is 1. The zero-order valence-corrected chi connectivity index (χ0v) is 9.57. The van der Waals surface area contributed by atoms with Gasteiger partial charge in [0, 0.05) is 27.9 Å². The van der Waals surface area contributed by atoms with Gasteiger partial charge in [-0.2, -0.15) is 0 Å². The highest BCUT2D eigenvalue weighted by Crippen LogP contribution is 2.30. The van der Waals surface area contributed by atoms with E-state index in [-0.39, 0.29) is 5.92 Å². The van der Waals surface area contributed by atoms with Gasteiger partial charge in [0.15, 0.2) is 0 Å². The fourth-order valence-corrected chi connectivity index (χ4v) is 3.22. The summed E-state index contributed by atoms with van der Waals surface area (Å²) in [6, 6.07) is 4.29. The molecular weight excluding hydrogens is 212 g/mol. The van der Waals surface area contributed by atoms with Gasteiger partial charge in [-0.1, -0.05) is 0 Å². The standard InChI is InChI=1S/C10H12N2S2/c1-7-2-3-9(14-7)8(6-11)10-12-4-5-13-10/h2-5,8H,6,11H2,1H3. The molecule has 0 spiro atoms. The minimum Gasteiger partial charge on any atom is -0.329 e. The maximum Gasteiger partial charge on any atom is 0.102 e. The number of hydrogen-bond acceptors (Lipinski definition) is 4. The average molecular weight is 224 g/mol. The highest BCUT2D eigenvalue weighted by molar-refractivity contribution is 7.12. The molecule has 0 aliphatic rings.